The summed E-state index contributed by atoms with van der Waals surface area (Å²) in [5.74, 6) is 1.97. The minimum Gasteiger partial charge on any atom is -0.208 e. The average Bonchev–Trinajstić information content (AvgIpc) is 3.07. The van der Waals surface area contributed by atoms with E-state index in [1.807, 2.05) is 30.3 Å². The van der Waals surface area contributed by atoms with Crippen molar-refractivity contribution in [2.24, 2.45) is 0 Å². The van der Waals surface area contributed by atoms with Crippen LogP contribution >= 0.6 is 0 Å². The summed E-state index contributed by atoms with van der Waals surface area (Å²) < 4.78 is 0. The average molecular weight is 536 g/mol. The minimum atomic E-state index is 0.653. The Bertz CT molecular complexity index is 2240. The Hall–Kier alpha value is -5.67. The van der Waals surface area contributed by atoms with Crippen molar-refractivity contribution in [2.45, 2.75) is 0 Å². The van der Waals surface area contributed by atoms with Crippen molar-refractivity contribution < 1.29 is 0 Å². The Morgan fingerprint density at radius 1 is 0.310 bits per heavy atom. The van der Waals surface area contributed by atoms with Gasteiger partial charge in [-0.1, -0.05) is 146 Å². The van der Waals surface area contributed by atoms with E-state index < -0.39 is 0 Å². The van der Waals surface area contributed by atoms with Crippen molar-refractivity contribution in [3.63, 3.8) is 0 Å². The van der Waals surface area contributed by atoms with E-state index in [2.05, 4.69) is 121 Å². The SMILES string of the molecule is c1ccc(-c2nc(-c3ccccc3-c3ccccc3)nc(-c3c4ccccc4cc4c3ccc3ccccc34)n2)cc1. The van der Waals surface area contributed by atoms with E-state index in [9.17, 15) is 0 Å². The predicted molar refractivity (Wildman–Crippen MR) is 174 cm³/mol. The molecular weight excluding hydrogens is 510 g/mol. The number of hydrogen-bond acceptors (Lipinski definition) is 3. The molecule has 0 atom stereocenters. The lowest BCUT2D eigenvalue weighted by Gasteiger charge is -2.15. The Labute approximate surface area is 243 Å². The fourth-order valence-electron chi connectivity index (χ4n) is 5.93. The van der Waals surface area contributed by atoms with E-state index in [1.54, 1.807) is 0 Å². The number of hydrogen-bond donors (Lipinski definition) is 0. The van der Waals surface area contributed by atoms with Gasteiger partial charge in [-0.15, -0.1) is 0 Å². The normalized spacial score (nSPS) is 11.3. The van der Waals surface area contributed by atoms with Gasteiger partial charge in [0.15, 0.2) is 17.5 Å². The molecule has 8 rings (SSSR count). The van der Waals surface area contributed by atoms with Crippen LogP contribution in [0.25, 0.3) is 77.6 Å². The van der Waals surface area contributed by atoms with Crippen LogP contribution in [0.2, 0.25) is 0 Å². The largest absolute Gasteiger partial charge is 0.208 e. The molecule has 0 spiro atoms. The molecule has 3 nitrogen and oxygen atoms in total. The molecule has 0 saturated carbocycles. The van der Waals surface area contributed by atoms with E-state index in [4.69, 9.17) is 15.0 Å². The quantitative estimate of drug-likeness (QED) is 0.166. The molecule has 0 N–H and O–H groups in total. The predicted octanol–water partition coefficient (Wildman–Crippen LogP) is 10.00. The van der Waals surface area contributed by atoms with Crippen LogP contribution in [0.5, 0.6) is 0 Å². The van der Waals surface area contributed by atoms with Gasteiger partial charge in [0.1, 0.15) is 0 Å². The third kappa shape index (κ3) is 4.11. The Kier molecular flexibility index (Phi) is 5.79. The number of benzene rings is 7. The van der Waals surface area contributed by atoms with Gasteiger partial charge in [-0.25, -0.2) is 15.0 Å². The van der Waals surface area contributed by atoms with E-state index in [0.29, 0.717) is 17.5 Å². The molecule has 0 amide bonds. The molecule has 1 heterocycles. The maximum Gasteiger partial charge on any atom is 0.165 e. The highest BCUT2D eigenvalue weighted by molar-refractivity contribution is 6.19. The first-order chi connectivity index (χ1) is 20.8. The zero-order valence-electron chi connectivity index (χ0n) is 22.8. The van der Waals surface area contributed by atoms with Gasteiger partial charge < -0.3 is 0 Å². The van der Waals surface area contributed by atoms with Gasteiger partial charge in [0, 0.05) is 16.7 Å². The van der Waals surface area contributed by atoms with Gasteiger partial charge in [-0.05, 0) is 49.5 Å². The molecule has 0 radical (unpaired) electrons. The van der Waals surface area contributed by atoms with Gasteiger partial charge in [0.25, 0.3) is 0 Å². The van der Waals surface area contributed by atoms with Crippen molar-refractivity contribution in [3.05, 3.63) is 152 Å². The van der Waals surface area contributed by atoms with Crippen LogP contribution < -0.4 is 0 Å². The highest BCUT2D eigenvalue weighted by atomic mass is 15.0. The molecule has 0 aliphatic heterocycles. The molecule has 0 saturated heterocycles. The maximum absolute atomic E-state index is 5.24. The van der Waals surface area contributed by atoms with Crippen LogP contribution in [-0.4, -0.2) is 15.0 Å². The molecule has 3 heteroatoms. The Balaban J connectivity index is 1.48. The molecule has 0 aliphatic carbocycles. The van der Waals surface area contributed by atoms with E-state index in [1.165, 1.54) is 16.2 Å². The number of nitrogens with zero attached hydrogens (tertiary/aromatic N) is 3. The maximum atomic E-state index is 5.24. The van der Waals surface area contributed by atoms with Crippen molar-refractivity contribution in [2.75, 3.05) is 0 Å². The second-order valence-corrected chi connectivity index (χ2v) is 10.4. The first-order valence-corrected chi connectivity index (χ1v) is 14.1. The zero-order chi connectivity index (χ0) is 27.9. The summed E-state index contributed by atoms with van der Waals surface area (Å²) in [5.41, 5.74) is 5.16. The van der Waals surface area contributed by atoms with Gasteiger partial charge in [0.2, 0.25) is 0 Å². The van der Waals surface area contributed by atoms with Crippen molar-refractivity contribution in [1.29, 1.82) is 0 Å². The fourth-order valence-corrected chi connectivity index (χ4v) is 5.93. The minimum absolute atomic E-state index is 0.653. The van der Waals surface area contributed by atoms with E-state index >= 15 is 0 Å². The molecule has 0 fully saturated rings. The van der Waals surface area contributed by atoms with Crippen LogP contribution in [0.4, 0.5) is 0 Å². The smallest absolute Gasteiger partial charge is 0.165 e. The first-order valence-electron chi connectivity index (χ1n) is 14.1. The summed E-state index contributed by atoms with van der Waals surface area (Å²) in [6, 6.07) is 52.7. The number of aromatic nitrogens is 3. The topological polar surface area (TPSA) is 38.7 Å². The summed E-state index contributed by atoms with van der Waals surface area (Å²) in [5, 5.41) is 7.02. The molecule has 1 aromatic heterocycles. The first kappa shape index (κ1) is 24.2. The Morgan fingerprint density at radius 3 is 1.67 bits per heavy atom. The summed E-state index contributed by atoms with van der Waals surface area (Å²) in [6.07, 6.45) is 0. The molecule has 0 bridgehead atoms. The van der Waals surface area contributed by atoms with Crippen molar-refractivity contribution in [1.82, 2.24) is 15.0 Å². The summed E-state index contributed by atoms with van der Waals surface area (Å²) in [6.45, 7) is 0. The molecule has 8 aromatic rings. The van der Waals surface area contributed by atoms with Gasteiger partial charge in [-0.2, -0.15) is 0 Å². The second kappa shape index (κ2) is 10.1. The highest BCUT2D eigenvalue weighted by Crippen LogP contribution is 2.39. The van der Waals surface area contributed by atoms with Crippen LogP contribution in [0, 0.1) is 0 Å². The van der Waals surface area contributed by atoms with Crippen LogP contribution in [-0.2, 0) is 0 Å². The van der Waals surface area contributed by atoms with Crippen molar-refractivity contribution in [3.8, 4) is 45.3 Å². The molecular formula is C39H25N3. The summed E-state index contributed by atoms with van der Waals surface area (Å²) in [7, 11) is 0. The standard InChI is InChI=1S/C39H25N3/c1-3-13-26(14-4-1)30-19-11-12-22-34(30)38-40-37(28-16-5-2-6-17-28)41-39(42-38)36-32-21-10-8-18-29(32)25-35-31-20-9-7-15-27(31)23-24-33(35)36/h1-25H. The highest BCUT2D eigenvalue weighted by Gasteiger charge is 2.19. The summed E-state index contributed by atoms with van der Waals surface area (Å²) >= 11 is 0. The second-order valence-electron chi connectivity index (χ2n) is 10.4. The van der Waals surface area contributed by atoms with Gasteiger partial charge >= 0.3 is 0 Å². The third-order valence-electron chi connectivity index (χ3n) is 7.91. The van der Waals surface area contributed by atoms with Crippen LogP contribution in [0.1, 0.15) is 0 Å². The van der Waals surface area contributed by atoms with Crippen LogP contribution in [0.15, 0.2) is 152 Å². The fraction of sp³-hybridized carbons (Fsp3) is 0. The van der Waals surface area contributed by atoms with Gasteiger partial charge in [-0.3, -0.25) is 0 Å². The number of fused-ring (bicyclic) bond motifs is 4. The lowest BCUT2D eigenvalue weighted by molar-refractivity contribution is 1.08. The molecule has 0 aliphatic rings. The lowest BCUT2D eigenvalue weighted by atomic mass is 9.93. The molecule has 196 valence electrons. The number of rotatable bonds is 4. The van der Waals surface area contributed by atoms with Gasteiger partial charge in [0.05, 0.1) is 0 Å². The summed E-state index contributed by atoms with van der Waals surface area (Å²) in [4.78, 5) is 15.5. The zero-order valence-corrected chi connectivity index (χ0v) is 22.8. The third-order valence-corrected chi connectivity index (χ3v) is 7.91. The monoisotopic (exact) mass is 535 g/mol. The Morgan fingerprint density at radius 2 is 0.881 bits per heavy atom. The molecule has 0 unspecified atom stereocenters. The lowest BCUT2D eigenvalue weighted by Crippen LogP contribution is -2.02. The molecule has 7 aromatic carbocycles. The van der Waals surface area contributed by atoms with E-state index in [-0.39, 0.29) is 0 Å². The molecule has 42 heavy (non-hydrogen) atoms. The van der Waals surface area contributed by atoms with Crippen molar-refractivity contribution >= 4 is 32.3 Å². The van der Waals surface area contributed by atoms with E-state index in [0.717, 1.165) is 44.0 Å². The van der Waals surface area contributed by atoms with Crippen LogP contribution in [0.3, 0.4) is 0 Å².